The van der Waals surface area contributed by atoms with Crippen molar-refractivity contribution >= 4 is 29.1 Å². The summed E-state index contributed by atoms with van der Waals surface area (Å²) in [5.74, 6) is 2.17. The molecule has 6 heteroatoms. The van der Waals surface area contributed by atoms with Crippen molar-refractivity contribution in [3.05, 3.63) is 21.9 Å². The second-order valence-electron chi connectivity index (χ2n) is 5.52. The maximum absolute atomic E-state index is 4.29. The van der Waals surface area contributed by atoms with Crippen LogP contribution in [0.15, 0.2) is 16.4 Å². The maximum Gasteiger partial charge on any atom is 0.191 e. The molecule has 0 bridgehead atoms. The van der Waals surface area contributed by atoms with Crippen molar-refractivity contribution in [3.8, 4) is 0 Å². The second kappa shape index (κ2) is 10.1. The van der Waals surface area contributed by atoms with Crippen LogP contribution >= 0.6 is 23.1 Å². The highest BCUT2D eigenvalue weighted by atomic mass is 32.2. The van der Waals surface area contributed by atoms with Crippen LogP contribution in [0.5, 0.6) is 0 Å². The minimum Gasteiger partial charge on any atom is -0.356 e. The molecule has 0 atom stereocenters. The van der Waals surface area contributed by atoms with Crippen LogP contribution < -0.4 is 10.6 Å². The summed E-state index contributed by atoms with van der Waals surface area (Å²) in [6, 6.07) is 2.27. The molecule has 2 heterocycles. The van der Waals surface area contributed by atoms with Crippen LogP contribution in [-0.4, -0.2) is 56.1 Å². The summed E-state index contributed by atoms with van der Waals surface area (Å²) in [6.45, 7) is 5.30. The number of fused-ring (bicyclic) bond motifs is 1. The Bertz CT molecular complexity index is 459. The van der Waals surface area contributed by atoms with Gasteiger partial charge < -0.3 is 10.6 Å². The first-order valence-electron chi connectivity index (χ1n) is 8.04. The third-order valence-electron chi connectivity index (χ3n) is 3.90. The molecule has 22 heavy (non-hydrogen) atoms. The number of aliphatic imine (C=N–C) groups is 1. The van der Waals surface area contributed by atoms with E-state index in [0.29, 0.717) is 0 Å². The summed E-state index contributed by atoms with van der Waals surface area (Å²) >= 11 is 3.81. The third-order valence-corrected chi connectivity index (χ3v) is 5.62. The van der Waals surface area contributed by atoms with E-state index in [0.717, 1.165) is 32.1 Å². The molecular weight excluding hydrogens is 312 g/mol. The van der Waals surface area contributed by atoms with Crippen molar-refractivity contribution in [2.75, 3.05) is 45.2 Å². The second-order valence-corrected chi connectivity index (χ2v) is 7.51. The predicted molar refractivity (Wildman–Crippen MR) is 100 cm³/mol. The number of hydrogen-bond donors (Lipinski definition) is 2. The van der Waals surface area contributed by atoms with E-state index in [4.69, 9.17) is 0 Å². The number of unbranched alkanes of at least 4 members (excludes halogenated alkanes) is 1. The molecule has 1 aliphatic heterocycles. The van der Waals surface area contributed by atoms with Crippen molar-refractivity contribution in [1.82, 2.24) is 15.5 Å². The lowest BCUT2D eigenvalue weighted by Crippen LogP contribution is -2.42. The van der Waals surface area contributed by atoms with Gasteiger partial charge in [-0.05, 0) is 48.3 Å². The van der Waals surface area contributed by atoms with Gasteiger partial charge in [0.1, 0.15) is 0 Å². The van der Waals surface area contributed by atoms with Crippen LogP contribution in [0.2, 0.25) is 0 Å². The highest BCUT2D eigenvalue weighted by Crippen LogP contribution is 2.23. The van der Waals surface area contributed by atoms with E-state index in [1.165, 1.54) is 37.1 Å². The van der Waals surface area contributed by atoms with Crippen LogP contribution in [0.3, 0.4) is 0 Å². The van der Waals surface area contributed by atoms with Gasteiger partial charge in [0.15, 0.2) is 5.96 Å². The van der Waals surface area contributed by atoms with Crippen LogP contribution in [0, 0.1) is 0 Å². The van der Waals surface area contributed by atoms with E-state index in [9.17, 15) is 0 Å². The number of hydrogen-bond acceptors (Lipinski definition) is 4. The summed E-state index contributed by atoms with van der Waals surface area (Å²) in [6.07, 6.45) is 5.83. The Morgan fingerprint density at radius 2 is 2.23 bits per heavy atom. The Labute approximate surface area is 142 Å². The van der Waals surface area contributed by atoms with Crippen molar-refractivity contribution in [1.29, 1.82) is 0 Å². The summed E-state index contributed by atoms with van der Waals surface area (Å²) in [5.41, 5.74) is 1.52. The molecule has 0 saturated heterocycles. The molecule has 2 N–H and O–H groups in total. The molecule has 2 rings (SSSR count). The van der Waals surface area contributed by atoms with Crippen molar-refractivity contribution < 1.29 is 0 Å². The Morgan fingerprint density at radius 3 is 3.05 bits per heavy atom. The minimum atomic E-state index is 0.928. The van der Waals surface area contributed by atoms with Gasteiger partial charge in [-0.15, -0.1) is 11.3 Å². The van der Waals surface area contributed by atoms with E-state index in [2.05, 4.69) is 38.2 Å². The van der Waals surface area contributed by atoms with Crippen LogP contribution in [0.1, 0.15) is 23.3 Å². The average Bonchev–Trinajstić information content (AvgIpc) is 3.00. The van der Waals surface area contributed by atoms with Crippen LogP contribution in [0.25, 0.3) is 0 Å². The molecule has 0 saturated carbocycles. The Balaban J connectivity index is 1.59. The molecule has 1 aromatic rings. The number of rotatable bonds is 8. The number of thiophene rings is 1. The molecule has 1 aromatic heterocycles. The molecule has 0 fully saturated rings. The van der Waals surface area contributed by atoms with E-state index in [1.807, 2.05) is 30.1 Å². The highest BCUT2D eigenvalue weighted by molar-refractivity contribution is 7.98. The number of nitrogens with zero attached hydrogens (tertiary/aromatic N) is 2. The predicted octanol–water partition coefficient (Wildman–Crippen LogP) is 2.41. The summed E-state index contributed by atoms with van der Waals surface area (Å²) < 4.78 is 0. The Kier molecular flexibility index (Phi) is 8.12. The monoisotopic (exact) mass is 340 g/mol. The Hall–Kier alpha value is -0.720. The fourth-order valence-electron chi connectivity index (χ4n) is 2.63. The average molecular weight is 341 g/mol. The molecule has 0 aromatic carbocycles. The van der Waals surface area contributed by atoms with Gasteiger partial charge in [0.25, 0.3) is 0 Å². The highest BCUT2D eigenvalue weighted by Gasteiger charge is 2.16. The van der Waals surface area contributed by atoms with Gasteiger partial charge in [0, 0.05) is 44.6 Å². The summed E-state index contributed by atoms with van der Waals surface area (Å²) in [7, 11) is 1.84. The zero-order chi connectivity index (χ0) is 15.6. The van der Waals surface area contributed by atoms with E-state index >= 15 is 0 Å². The fraction of sp³-hybridized carbons (Fsp3) is 0.688. The van der Waals surface area contributed by atoms with Gasteiger partial charge in [-0.1, -0.05) is 0 Å². The standard InChI is InChI=1S/C16H28N4S2/c1-17-16(18-7-3-4-11-21-2)19-8-10-20-9-5-15-14(13-20)6-12-22-15/h6,12H,3-5,7-11,13H2,1-2H3,(H2,17,18,19). The number of thioether (sulfide) groups is 1. The zero-order valence-corrected chi connectivity index (χ0v) is 15.4. The first-order valence-corrected chi connectivity index (χ1v) is 10.3. The first kappa shape index (κ1) is 17.6. The van der Waals surface area contributed by atoms with Gasteiger partial charge in [0.05, 0.1) is 0 Å². The lowest BCUT2D eigenvalue weighted by Gasteiger charge is -2.27. The minimum absolute atomic E-state index is 0.928. The summed E-state index contributed by atoms with van der Waals surface area (Å²) in [4.78, 5) is 8.39. The fourth-order valence-corrected chi connectivity index (χ4v) is 4.01. The lowest BCUT2D eigenvalue weighted by atomic mass is 10.1. The molecule has 0 radical (unpaired) electrons. The molecule has 0 amide bonds. The number of guanidine groups is 1. The van der Waals surface area contributed by atoms with Crippen LogP contribution in [0.4, 0.5) is 0 Å². The van der Waals surface area contributed by atoms with Crippen molar-refractivity contribution in [2.45, 2.75) is 25.8 Å². The SMILES string of the molecule is CN=C(NCCCCSC)NCCN1CCc2sccc2C1. The van der Waals surface area contributed by atoms with Gasteiger partial charge in [-0.2, -0.15) is 11.8 Å². The molecular formula is C16H28N4S2. The van der Waals surface area contributed by atoms with Crippen LogP contribution in [-0.2, 0) is 13.0 Å². The third kappa shape index (κ3) is 5.82. The van der Waals surface area contributed by atoms with Gasteiger partial charge in [-0.25, -0.2) is 0 Å². The quantitative estimate of drug-likeness (QED) is 0.433. The maximum atomic E-state index is 4.29. The molecule has 124 valence electrons. The molecule has 4 nitrogen and oxygen atoms in total. The van der Waals surface area contributed by atoms with Gasteiger partial charge in [-0.3, -0.25) is 9.89 Å². The van der Waals surface area contributed by atoms with Crippen molar-refractivity contribution in [3.63, 3.8) is 0 Å². The van der Waals surface area contributed by atoms with E-state index in [-0.39, 0.29) is 0 Å². The number of nitrogens with one attached hydrogen (secondary N) is 2. The summed E-state index contributed by atoms with van der Waals surface area (Å²) in [5, 5.41) is 9.03. The van der Waals surface area contributed by atoms with Gasteiger partial charge >= 0.3 is 0 Å². The normalized spacial score (nSPS) is 15.6. The largest absolute Gasteiger partial charge is 0.356 e. The van der Waals surface area contributed by atoms with Gasteiger partial charge in [0.2, 0.25) is 0 Å². The molecule has 0 spiro atoms. The molecule has 1 aliphatic rings. The Morgan fingerprint density at radius 1 is 1.36 bits per heavy atom. The van der Waals surface area contributed by atoms with E-state index < -0.39 is 0 Å². The van der Waals surface area contributed by atoms with E-state index in [1.54, 1.807) is 4.88 Å². The molecule has 0 aliphatic carbocycles. The topological polar surface area (TPSA) is 39.7 Å². The van der Waals surface area contributed by atoms with Crippen molar-refractivity contribution in [2.24, 2.45) is 4.99 Å². The zero-order valence-electron chi connectivity index (χ0n) is 13.7. The molecule has 0 unspecified atom stereocenters. The smallest absolute Gasteiger partial charge is 0.191 e. The first-order chi connectivity index (χ1) is 10.8. The lowest BCUT2D eigenvalue weighted by molar-refractivity contribution is 0.260.